The van der Waals surface area contributed by atoms with Crippen molar-refractivity contribution in [1.29, 1.82) is 0 Å². The Hall–Kier alpha value is 1.76. The van der Waals surface area contributed by atoms with Gasteiger partial charge in [0.25, 0.3) is 0 Å². The van der Waals surface area contributed by atoms with Crippen LogP contribution in [0.5, 0.6) is 0 Å². The summed E-state index contributed by atoms with van der Waals surface area (Å²) in [6.07, 6.45) is 3.74. The molecule has 5 heteroatoms. The number of hydrogen-bond donors (Lipinski definition) is 0. The van der Waals surface area contributed by atoms with E-state index in [0.29, 0.717) is 0 Å². The zero-order valence-electron chi connectivity index (χ0n) is 9.03. The summed E-state index contributed by atoms with van der Waals surface area (Å²) < 4.78 is 2.42. The second kappa shape index (κ2) is 5.40. The summed E-state index contributed by atoms with van der Waals surface area (Å²) in [5, 5.41) is 0. The molecule has 1 saturated heterocycles. The van der Waals surface area contributed by atoms with Crippen molar-refractivity contribution in [3.63, 3.8) is 0 Å². The van der Waals surface area contributed by atoms with Crippen LogP contribution in [0.1, 0.15) is 47.0 Å². The predicted molar refractivity (Wildman–Crippen MR) is 62.7 cm³/mol. The summed E-state index contributed by atoms with van der Waals surface area (Å²) in [5.41, 5.74) is 0.427. The Morgan fingerprint density at radius 3 is 1.57 bits per heavy atom. The fraction of sp³-hybridized carbons (Fsp3) is 1.00. The Labute approximate surface area is 113 Å². The molecular weight excluding hydrogens is 265 g/mol. The first kappa shape index (κ1) is 15.8. The van der Waals surface area contributed by atoms with Gasteiger partial charge in [0.1, 0.15) is 0 Å². The average Bonchev–Trinajstić information content (AvgIpc) is 1.79. The van der Waals surface area contributed by atoms with Crippen molar-refractivity contribution in [2.75, 3.05) is 0 Å². The molecule has 0 radical (unpaired) electrons. The van der Waals surface area contributed by atoms with E-state index in [1.165, 1.54) is 19.3 Å². The second-order valence-corrected chi connectivity index (χ2v) is 14.7. The van der Waals surface area contributed by atoms with Gasteiger partial charge in [-0.1, -0.05) is 0 Å². The number of nitrogens with zero attached hydrogens (tertiary/aromatic N) is 1. The predicted octanol–water partition coefficient (Wildman–Crippen LogP) is 3.22. The molecule has 0 aromatic heterocycles. The molecule has 1 fully saturated rings. The summed E-state index contributed by atoms with van der Waals surface area (Å²) in [5.74, 6) is 0. The Kier molecular flexibility index (Phi) is 6.07. The molecule has 0 unspecified atom stereocenters. The number of hydrogen-bond acceptors (Lipinski definition) is 1. The summed E-state index contributed by atoms with van der Waals surface area (Å²) in [6, 6.07) is 0. The minimum absolute atomic E-state index is 0. The Balaban J connectivity index is 0.00000169. The van der Waals surface area contributed by atoms with Crippen molar-refractivity contribution in [3.8, 4) is 0 Å². The molecule has 1 heterocycles. The minimum atomic E-state index is -2.39. The Morgan fingerprint density at radius 2 is 1.36 bits per heavy atom. The van der Waals surface area contributed by atoms with Crippen molar-refractivity contribution < 1.29 is 14.2 Å². The average molecular weight is 284 g/mol. The molecule has 1 rings (SSSR count). The van der Waals surface area contributed by atoms with E-state index in [1.807, 2.05) is 0 Å². The van der Waals surface area contributed by atoms with Crippen LogP contribution in [0.3, 0.4) is 0 Å². The first-order valence-corrected chi connectivity index (χ1v) is 14.1. The van der Waals surface area contributed by atoms with Crippen LogP contribution in [0.25, 0.3) is 0 Å². The normalized spacial score (nSPS) is 25.3. The van der Waals surface area contributed by atoms with Crippen molar-refractivity contribution in [3.05, 3.63) is 0 Å². The molecule has 0 atom stereocenters. The Bertz CT molecular complexity index is 181. The molecule has 14 heavy (non-hydrogen) atoms. The molecule has 1 aliphatic heterocycles. The fourth-order valence-electron chi connectivity index (χ4n) is 2.69. The standard InChI is InChI=1S/C9H18N.2ClH.Li.Zn.H/c1-8(2)6-5-7-9(3,4)10-8;;;;;/h5-7H2,1-4H3;2*1H;;;/q-1;;;;+3;/p-2. The second-order valence-electron chi connectivity index (χ2n) is 5.25. The molecule has 0 saturated carbocycles. The summed E-state index contributed by atoms with van der Waals surface area (Å²) in [7, 11) is 12.5. The molecule has 1 aliphatic rings. The van der Waals surface area contributed by atoms with Crippen molar-refractivity contribution in [2.45, 2.75) is 58.0 Å². The van der Waals surface area contributed by atoms with Gasteiger partial charge in [-0.25, -0.2) is 0 Å². The van der Waals surface area contributed by atoms with Crippen LogP contribution in [-0.2, 0) is 14.2 Å². The zero-order chi connectivity index (χ0) is 10.3. The van der Waals surface area contributed by atoms with E-state index in [-0.39, 0.29) is 29.9 Å². The van der Waals surface area contributed by atoms with Crippen LogP contribution >= 0.6 is 19.4 Å². The molecule has 0 aromatic rings. The van der Waals surface area contributed by atoms with Crippen LogP contribution in [0.15, 0.2) is 0 Å². The fourth-order valence-corrected chi connectivity index (χ4v) is 12.8. The summed E-state index contributed by atoms with van der Waals surface area (Å²) in [4.78, 5) is 0. The summed E-state index contributed by atoms with van der Waals surface area (Å²) >= 11 is -2.39. The van der Waals surface area contributed by atoms with Crippen molar-refractivity contribution in [2.24, 2.45) is 0 Å². The molecule has 77 valence electrons. The van der Waals surface area contributed by atoms with E-state index in [2.05, 4.69) is 31.3 Å². The van der Waals surface area contributed by atoms with Crippen LogP contribution in [0.2, 0.25) is 0 Å². The maximum atomic E-state index is 6.23. The molecule has 0 aliphatic carbocycles. The topological polar surface area (TPSA) is 3.24 Å². The first-order chi connectivity index (χ1) is 5.77. The monoisotopic (exact) mass is 282 g/mol. The number of halogens is 2. The van der Waals surface area contributed by atoms with Gasteiger partial charge in [0, 0.05) is 0 Å². The van der Waals surface area contributed by atoms with Crippen molar-refractivity contribution in [1.82, 2.24) is 3.64 Å². The van der Waals surface area contributed by atoms with Gasteiger partial charge in [-0.2, -0.15) is 0 Å². The van der Waals surface area contributed by atoms with Gasteiger partial charge < -0.3 is 0 Å². The Morgan fingerprint density at radius 1 is 1.00 bits per heavy atom. The van der Waals surface area contributed by atoms with Gasteiger partial charge in [-0.3, -0.25) is 0 Å². The molecule has 0 amide bonds. The van der Waals surface area contributed by atoms with E-state index >= 15 is 0 Å². The third-order valence-electron chi connectivity index (χ3n) is 3.28. The van der Waals surface area contributed by atoms with Gasteiger partial charge in [0.15, 0.2) is 0 Å². The van der Waals surface area contributed by atoms with Crippen LogP contribution in [-0.4, -0.2) is 33.6 Å². The van der Waals surface area contributed by atoms with Gasteiger partial charge in [-0.15, -0.1) is 0 Å². The molecule has 0 aromatic carbocycles. The van der Waals surface area contributed by atoms with E-state index in [4.69, 9.17) is 19.4 Å². The third kappa shape index (κ3) is 3.38. The molecule has 1 nitrogen and oxygen atoms in total. The van der Waals surface area contributed by atoms with E-state index < -0.39 is 14.2 Å². The van der Waals surface area contributed by atoms with Gasteiger partial charge in [0.05, 0.1) is 0 Å². The molecular formula is C9H19Cl2LiNZn. The maximum absolute atomic E-state index is 6.23. The van der Waals surface area contributed by atoms with Gasteiger partial charge in [0.2, 0.25) is 0 Å². The molecule has 0 bridgehead atoms. The number of piperidine rings is 1. The van der Waals surface area contributed by atoms with E-state index in [0.717, 1.165) is 0 Å². The van der Waals surface area contributed by atoms with Crippen molar-refractivity contribution >= 4 is 38.2 Å². The summed E-state index contributed by atoms with van der Waals surface area (Å²) in [6.45, 7) is 9.06. The SMILES string of the molecule is CC1(C)CCCC(C)(C)[N]1[Zn]([Cl])[Cl].[LiH]. The first-order valence-electron chi connectivity index (χ1n) is 5.01. The van der Waals surface area contributed by atoms with Crippen LogP contribution < -0.4 is 0 Å². The quantitative estimate of drug-likeness (QED) is 0.668. The van der Waals surface area contributed by atoms with E-state index in [9.17, 15) is 0 Å². The number of rotatable bonds is 1. The molecule has 0 spiro atoms. The zero-order valence-corrected chi connectivity index (χ0v) is 13.5. The molecule has 0 N–H and O–H groups in total. The van der Waals surface area contributed by atoms with Crippen LogP contribution in [0.4, 0.5) is 0 Å². The third-order valence-corrected chi connectivity index (χ3v) is 10.4. The van der Waals surface area contributed by atoms with Gasteiger partial charge in [-0.05, 0) is 0 Å². The van der Waals surface area contributed by atoms with Gasteiger partial charge >= 0.3 is 114 Å². The van der Waals surface area contributed by atoms with E-state index in [1.54, 1.807) is 0 Å². The van der Waals surface area contributed by atoms with Crippen LogP contribution in [0, 0.1) is 0 Å².